The fourth-order valence-corrected chi connectivity index (χ4v) is 3.99. The van der Waals surface area contributed by atoms with Crippen LogP contribution < -0.4 is 0 Å². The second-order valence-electron chi connectivity index (χ2n) is 6.60. The summed E-state index contributed by atoms with van der Waals surface area (Å²) in [5, 5.41) is 1.84. The molecule has 0 amide bonds. The van der Waals surface area contributed by atoms with Crippen LogP contribution in [0.4, 0.5) is 0 Å². The van der Waals surface area contributed by atoms with Gasteiger partial charge in [0.25, 0.3) is 5.79 Å². The number of esters is 1. The Labute approximate surface area is 151 Å². The van der Waals surface area contributed by atoms with Gasteiger partial charge in [0, 0.05) is 34.7 Å². The SMILES string of the molecule is COC(=O)C1(Cn2c3c(c4cc(Cl)ccc42)CCN(C)C3)OCCO1. The maximum Gasteiger partial charge on any atom is 0.368 e. The molecule has 0 bridgehead atoms. The number of halogens is 1. The molecule has 0 N–H and O–H groups in total. The van der Waals surface area contributed by atoms with Gasteiger partial charge in [0.2, 0.25) is 0 Å². The van der Waals surface area contributed by atoms with Crippen LogP contribution in [0.5, 0.6) is 0 Å². The molecule has 134 valence electrons. The van der Waals surface area contributed by atoms with E-state index in [1.807, 2.05) is 18.2 Å². The molecule has 7 heteroatoms. The summed E-state index contributed by atoms with van der Waals surface area (Å²) >= 11 is 6.23. The van der Waals surface area contributed by atoms with Crippen LogP contribution in [0, 0.1) is 0 Å². The third-order valence-electron chi connectivity index (χ3n) is 5.03. The average molecular weight is 365 g/mol. The summed E-state index contributed by atoms with van der Waals surface area (Å²) in [7, 11) is 3.45. The first-order chi connectivity index (χ1) is 12.0. The molecule has 1 fully saturated rings. The van der Waals surface area contributed by atoms with E-state index in [1.54, 1.807) is 0 Å². The van der Waals surface area contributed by atoms with Crippen LogP contribution in [0.25, 0.3) is 10.9 Å². The minimum Gasteiger partial charge on any atom is -0.465 e. The zero-order valence-electron chi connectivity index (χ0n) is 14.4. The lowest BCUT2D eigenvalue weighted by Gasteiger charge is -2.29. The van der Waals surface area contributed by atoms with Crippen LogP contribution in [0.2, 0.25) is 5.02 Å². The molecule has 2 aliphatic rings. The Bertz CT molecular complexity index is 826. The highest BCUT2D eigenvalue weighted by Crippen LogP contribution is 2.35. The van der Waals surface area contributed by atoms with Crippen molar-refractivity contribution >= 4 is 28.5 Å². The maximum atomic E-state index is 12.4. The first-order valence-corrected chi connectivity index (χ1v) is 8.76. The number of likely N-dealkylation sites (N-methyl/N-ethyl adjacent to an activating group) is 1. The molecule has 4 rings (SSSR count). The monoisotopic (exact) mass is 364 g/mol. The number of nitrogens with zero attached hydrogens (tertiary/aromatic N) is 2. The summed E-state index contributed by atoms with van der Waals surface area (Å²) in [4.78, 5) is 14.6. The Morgan fingerprint density at radius 2 is 2.12 bits per heavy atom. The normalized spacial score (nSPS) is 20.0. The van der Waals surface area contributed by atoms with Gasteiger partial charge in [-0.25, -0.2) is 4.79 Å². The molecular weight excluding hydrogens is 344 g/mol. The van der Waals surface area contributed by atoms with Crippen molar-refractivity contribution in [1.29, 1.82) is 0 Å². The smallest absolute Gasteiger partial charge is 0.368 e. The number of ether oxygens (including phenoxy) is 3. The second kappa shape index (κ2) is 6.29. The fraction of sp³-hybridized carbons (Fsp3) is 0.500. The van der Waals surface area contributed by atoms with Gasteiger partial charge in [0.05, 0.1) is 26.9 Å². The Kier molecular flexibility index (Phi) is 4.24. The third-order valence-corrected chi connectivity index (χ3v) is 5.26. The van der Waals surface area contributed by atoms with E-state index in [-0.39, 0.29) is 6.54 Å². The second-order valence-corrected chi connectivity index (χ2v) is 7.04. The predicted octanol–water partition coefficient (Wildman–Crippen LogP) is 2.20. The zero-order chi connectivity index (χ0) is 17.6. The molecule has 0 saturated carbocycles. The van der Waals surface area contributed by atoms with E-state index in [0.29, 0.717) is 18.2 Å². The molecule has 1 aromatic carbocycles. The molecule has 0 aliphatic carbocycles. The van der Waals surface area contributed by atoms with E-state index in [0.717, 1.165) is 30.4 Å². The molecule has 6 nitrogen and oxygen atoms in total. The Morgan fingerprint density at radius 3 is 2.84 bits per heavy atom. The van der Waals surface area contributed by atoms with E-state index >= 15 is 0 Å². The molecule has 0 spiro atoms. The van der Waals surface area contributed by atoms with Crippen molar-refractivity contribution in [3.8, 4) is 0 Å². The van der Waals surface area contributed by atoms with Crippen molar-refractivity contribution in [3.63, 3.8) is 0 Å². The van der Waals surface area contributed by atoms with Crippen molar-refractivity contribution in [3.05, 3.63) is 34.5 Å². The molecule has 25 heavy (non-hydrogen) atoms. The van der Waals surface area contributed by atoms with Crippen molar-refractivity contribution in [1.82, 2.24) is 9.47 Å². The van der Waals surface area contributed by atoms with E-state index in [1.165, 1.54) is 18.4 Å². The number of benzene rings is 1. The van der Waals surface area contributed by atoms with Gasteiger partial charge in [-0.1, -0.05) is 11.6 Å². The van der Waals surface area contributed by atoms with Crippen molar-refractivity contribution in [2.75, 3.05) is 33.9 Å². The standard InChI is InChI=1S/C18H21ClN2O4/c1-20-6-5-13-14-9-12(19)3-4-15(14)21(16(13)10-20)11-18(17(22)23-2)24-7-8-25-18/h3-4,9H,5-8,10-11H2,1-2H3. The van der Waals surface area contributed by atoms with Crippen molar-refractivity contribution < 1.29 is 19.0 Å². The summed E-state index contributed by atoms with van der Waals surface area (Å²) < 4.78 is 18.5. The predicted molar refractivity (Wildman–Crippen MR) is 93.6 cm³/mol. The summed E-state index contributed by atoms with van der Waals surface area (Å²) in [6.07, 6.45) is 0.947. The summed E-state index contributed by atoms with van der Waals surface area (Å²) in [6.45, 7) is 2.82. The summed E-state index contributed by atoms with van der Waals surface area (Å²) in [5.41, 5.74) is 3.49. The van der Waals surface area contributed by atoms with Crippen LogP contribution in [0.3, 0.4) is 0 Å². The van der Waals surface area contributed by atoms with Gasteiger partial charge < -0.3 is 23.7 Å². The van der Waals surface area contributed by atoms with Gasteiger partial charge >= 0.3 is 5.97 Å². The Morgan fingerprint density at radius 1 is 1.36 bits per heavy atom. The number of carbonyl (C=O) groups is 1. The summed E-state index contributed by atoms with van der Waals surface area (Å²) in [5.74, 6) is -1.89. The van der Waals surface area contributed by atoms with Crippen LogP contribution in [-0.4, -0.2) is 55.1 Å². The topological polar surface area (TPSA) is 52.9 Å². The van der Waals surface area contributed by atoms with E-state index in [9.17, 15) is 4.79 Å². The molecule has 0 atom stereocenters. The quantitative estimate of drug-likeness (QED) is 0.781. The Hall–Kier alpha value is -1.60. The molecule has 3 heterocycles. The minimum atomic E-state index is -1.38. The number of aromatic nitrogens is 1. The number of hydrogen-bond donors (Lipinski definition) is 0. The van der Waals surface area contributed by atoms with Crippen LogP contribution in [0.1, 0.15) is 11.3 Å². The van der Waals surface area contributed by atoms with E-state index < -0.39 is 11.8 Å². The van der Waals surface area contributed by atoms with Gasteiger partial charge in [0.15, 0.2) is 0 Å². The van der Waals surface area contributed by atoms with Crippen molar-refractivity contribution in [2.24, 2.45) is 0 Å². The molecule has 1 saturated heterocycles. The van der Waals surface area contributed by atoms with Gasteiger partial charge in [-0.15, -0.1) is 0 Å². The van der Waals surface area contributed by atoms with E-state index in [4.69, 9.17) is 25.8 Å². The van der Waals surface area contributed by atoms with Crippen LogP contribution in [-0.2, 0) is 38.5 Å². The minimum absolute atomic E-state index is 0.265. The molecule has 0 radical (unpaired) electrons. The highest BCUT2D eigenvalue weighted by Gasteiger charge is 2.47. The fourth-order valence-electron chi connectivity index (χ4n) is 3.82. The molecular formula is C18H21ClN2O4. The average Bonchev–Trinajstić information content (AvgIpc) is 3.19. The molecule has 2 aliphatic heterocycles. The number of carbonyl (C=O) groups excluding carboxylic acids is 1. The summed E-state index contributed by atoms with van der Waals surface area (Å²) in [6, 6.07) is 5.87. The van der Waals surface area contributed by atoms with E-state index in [2.05, 4.69) is 16.5 Å². The number of hydrogen-bond acceptors (Lipinski definition) is 5. The maximum absolute atomic E-state index is 12.4. The molecule has 0 unspecified atom stereocenters. The molecule has 1 aromatic heterocycles. The number of fused-ring (bicyclic) bond motifs is 3. The van der Waals surface area contributed by atoms with Gasteiger partial charge in [0.1, 0.15) is 0 Å². The highest BCUT2D eigenvalue weighted by molar-refractivity contribution is 6.31. The lowest BCUT2D eigenvalue weighted by molar-refractivity contribution is -0.208. The molecule has 2 aromatic rings. The lowest BCUT2D eigenvalue weighted by atomic mass is 10.0. The van der Waals surface area contributed by atoms with Gasteiger partial charge in [-0.3, -0.25) is 0 Å². The third kappa shape index (κ3) is 2.73. The first-order valence-electron chi connectivity index (χ1n) is 8.38. The lowest BCUT2D eigenvalue weighted by Crippen LogP contribution is -2.45. The number of rotatable bonds is 3. The van der Waals surface area contributed by atoms with Gasteiger partial charge in [-0.2, -0.15) is 0 Å². The first kappa shape index (κ1) is 16.8. The Balaban J connectivity index is 1.86. The van der Waals surface area contributed by atoms with Crippen molar-refractivity contribution in [2.45, 2.75) is 25.3 Å². The largest absolute Gasteiger partial charge is 0.465 e. The van der Waals surface area contributed by atoms with Crippen LogP contribution in [0.15, 0.2) is 18.2 Å². The number of methoxy groups -OCH3 is 1. The zero-order valence-corrected chi connectivity index (χ0v) is 15.1. The van der Waals surface area contributed by atoms with Gasteiger partial charge in [-0.05, 0) is 37.2 Å². The highest BCUT2D eigenvalue weighted by atomic mass is 35.5. The van der Waals surface area contributed by atoms with Crippen LogP contribution >= 0.6 is 11.6 Å².